The predicted molar refractivity (Wildman–Crippen MR) is 92.0 cm³/mol. The van der Waals surface area contributed by atoms with Crippen molar-refractivity contribution in [2.24, 2.45) is 0 Å². The third-order valence-electron chi connectivity index (χ3n) is 3.40. The van der Waals surface area contributed by atoms with E-state index in [-0.39, 0.29) is 0 Å². The van der Waals surface area contributed by atoms with Gasteiger partial charge < -0.3 is 0 Å². The summed E-state index contributed by atoms with van der Waals surface area (Å²) in [6.45, 7) is 0. The number of aromatic nitrogens is 2. The molecular weight excluding hydrogens is 458 g/mol. The minimum atomic E-state index is 0.546. The van der Waals surface area contributed by atoms with Crippen molar-refractivity contribution in [3.8, 4) is 10.7 Å². The van der Waals surface area contributed by atoms with Crippen LogP contribution in [0.2, 0.25) is 5.15 Å². The second kappa shape index (κ2) is 5.95. The Balaban J connectivity index is 2.10. The zero-order valence-corrected chi connectivity index (χ0v) is 15.3. The Kier molecular flexibility index (Phi) is 4.46. The number of hydrogen-bond donors (Lipinski definition) is 0. The maximum absolute atomic E-state index is 6.30. The highest BCUT2D eigenvalue weighted by atomic mass is 127. The van der Waals surface area contributed by atoms with E-state index in [0.717, 1.165) is 24.4 Å². The van der Waals surface area contributed by atoms with Gasteiger partial charge in [-0.25, -0.2) is 9.97 Å². The highest BCUT2D eigenvalue weighted by molar-refractivity contribution is 14.1. The van der Waals surface area contributed by atoms with Gasteiger partial charge in [0, 0.05) is 10.4 Å². The van der Waals surface area contributed by atoms with Gasteiger partial charge in [0.15, 0.2) is 5.82 Å². The fourth-order valence-corrected chi connectivity index (χ4v) is 4.80. The second-order valence-corrected chi connectivity index (χ2v) is 7.82. The molecule has 0 atom stereocenters. The Morgan fingerprint density at radius 2 is 2.05 bits per heavy atom. The molecule has 2 heterocycles. The quantitative estimate of drug-likeness (QED) is 0.405. The topological polar surface area (TPSA) is 25.8 Å². The first-order valence-electron chi connectivity index (χ1n) is 6.13. The molecule has 19 heavy (non-hydrogen) atoms. The molecule has 0 amide bonds. The Bertz CT molecular complexity index is 611. The first-order chi connectivity index (χ1) is 9.16. The SMILES string of the molecule is Clc1nc(-c2sccc2Br)nc(C2CCCC2)c1I. The molecule has 0 bridgehead atoms. The van der Waals surface area contributed by atoms with Gasteiger partial charge in [-0.2, -0.15) is 0 Å². The third kappa shape index (κ3) is 2.84. The van der Waals surface area contributed by atoms with Crippen LogP contribution in [0, 0.1) is 3.57 Å². The molecule has 2 aromatic rings. The van der Waals surface area contributed by atoms with Gasteiger partial charge in [0.1, 0.15) is 5.15 Å². The summed E-state index contributed by atoms with van der Waals surface area (Å²) in [5.74, 6) is 1.29. The van der Waals surface area contributed by atoms with Crippen LogP contribution in [0.4, 0.5) is 0 Å². The van der Waals surface area contributed by atoms with Gasteiger partial charge in [-0.05, 0) is 62.8 Å². The largest absolute Gasteiger partial charge is 0.231 e. The lowest BCUT2D eigenvalue weighted by Crippen LogP contribution is -2.04. The summed E-state index contributed by atoms with van der Waals surface area (Å²) in [6.07, 6.45) is 5.02. The Labute approximate surface area is 143 Å². The lowest BCUT2D eigenvalue weighted by atomic mass is 10.0. The van der Waals surface area contributed by atoms with Crippen LogP contribution in [0.25, 0.3) is 10.7 Å². The van der Waals surface area contributed by atoms with E-state index < -0.39 is 0 Å². The van der Waals surface area contributed by atoms with Crippen LogP contribution in [-0.2, 0) is 0 Å². The van der Waals surface area contributed by atoms with Gasteiger partial charge in [-0.15, -0.1) is 11.3 Å². The molecule has 0 radical (unpaired) electrons. The summed E-state index contributed by atoms with van der Waals surface area (Å²) in [6, 6.07) is 2.02. The molecule has 100 valence electrons. The van der Waals surface area contributed by atoms with Crippen LogP contribution >= 0.6 is 61.5 Å². The van der Waals surface area contributed by atoms with Crippen molar-refractivity contribution in [2.75, 3.05) is 0 Å². The van der Waals surface area contributed by atoms with E-state index in [4.69, 9.17) is 16.6 Å². The van der Waals surface area contributed by atoms with E-state index in [2.05, 4.69) is 43.5 Å². The van der Waals surface area contributed by atoms with Crippen LogP contribution in [0.15, 0.2) is 15.9 Å². The molecular formula is C13H11BrClIN2S. The zero-order chi connectivity index (χ0) is 13.4. The van der Waals surface area contributed by atoms with Gasteiger partial charge in [0.05, 0.1) is 14.1 Å². The lowest BCUT2D eigenvalue weighted by Gasteiger charge is -2.13. The monoisotopic (exact) mass is 468 g/mol. The third-order valence-corrected chi connectivity index (χ3v) is 6.89. The predicted octanol–water partition coefficient (Wildman–Crippen LogP) is 5.88. The van der Waals surface area contributed by atoms with E-state index in [1.54, 1.807) is 11.3 Å². The highest BCUT2D eigenvalue weighted by Crippen LogP contribution is 2.39. The van der Waals surface area contributed by atoms with Gasteiger partial charge in [-0.1, -0.05) is 24.4 Å². The molecule has 1 saturated carbocycles. The van der Waals surface area contributed by atoms with Gasteiger partial charge in [-0.3, -0.25) is 0 Å². The molecule has 1 aliphatic rings. The van der Waals surface area contributed by atoms with E-state index in [9.17, 15) is 0 Å². The molecule has 0 N–H and O–H groups in total. The molecule has 6 heteroatoms. The van der Waals surface area contributed by atoms with Gasteiger partial charge in [0.2, 0.25) is 0 Å². The number of rotatable bonds is 2. The smallest absolute Gasteiger partial charge is 0.172 e. The van der Waals surface area contributed by atoms with Crippen LogP contribution < -0.4 is 0 Å². The zero-order valence-electron chi connectivity index (χ0n) is 10.00. The maximum atomic E-state index is 6.30. The maximum Gasteiger partial charge on any atom is 0.172 e. The van der Waals surface area contributed by atoms with Crippen molar-refractivity contribution in [2.45, 2.75) is 31.6 Å². The van der Waals surface area contributed by atoms with Crippen LogP contribution in [0.1, 0.15) is 37.3 Å². The van der Waals surface area contributed by atoms with Crippen molar-refractivity contribution < 1.29 is 0 Å². The molecule has 2 nitrogen and oxygen atoms in total. The fourth-order valence-electron chi connectivity index (χ4n) is 2.46. The normalized spacial score (nSPS) is 16.2. The molecule has 1 aliphatic carbocycles. The Morgan fingerprint density at radius 3 is 2.68 bits per heavy atom. The van der Waals surface area contributed by atoms with Gasteiger partial charge in [0.25, 0.3) is 0 Å². The van der Waals surface area contributed by atoms with Crippen molar-refractivity contribution >= 4 is 61.5 Å². The molecule has 0 spiro atoms. The van der Waals surface area contributed by atoms with Crippen molar-refractivity contribution in [3.63, 3.8) is 0 Å². The molecule has 2 aromatic heterocycles. The Hall–Kier alpha value is 0.280. The number of halogens is 3. The van der Waals surface area contributed by atoms with E-state index in [1.807, 2.05) is 11.4 Å². The standard InChI is InChI=1S/C13H11BrClIN2S/c14-8-5-6-19-11(8)13-17-10(7-3-1-2-4-7)9(16)12(15)18-13/h5-7H,1-4H2. The Morgan fingerprint density at radius 1 is 1.32 bits per heavy atom. The summed E-state index contributed by atoms with van der Waals surface area (Å²) < 4.78 is 2.05. The van der Waals surface area contributed by atoms with Crippen LogP contribution in [0.3, 0.4) is 0 Å². The average molecular weight is 470 g/mol. The fraction of sp³-hybridized carbons (Fsp3) is 0.385. The summed E-state index contributed by atoms with van der Waals surface area (Å²) >= 11 is 13.7. The van der Waals surface area contributed by atoms with Crippen LogP contribution in [0.5, 0.6) is 0 Å². The second-order valence-electron chi connectivity index (χ2n) is 4.62. The van der Waals surface area contributed by atoms with E-state index >= 15 is 0 Å². The molecule has 0 unspecified atom stereocenters. The summed E-state index contributed by atoms with van der Waals surface area (Å²) in [7, 11) is 0. The summed E-state index contributed by atoms with van der Waals surface area (Å²) in [4.78, 5) is 10.3. The molecule has 0 aliphatic heterocycles. The van der Waals surface area contributed by atoms with E-state index in [0.29, 0.717) is 11.1 Å². The van der Waals surface area contributed by atoms with Gasteiger partial charge >= 0.3 is 0 Å². The van der Waals surface area contributed by atoms with Crippen molar-refractivity contribution in [3.05, 3.63) is 30.3 Å². The highest BCUT2D eigenvalue weighted by Gasteiger charge is 2.24. The average Bonchev–Trinajstić information content (AvgIpc) is 3.03. The number of hydrogen-bond acceptors (Lipinski definition) is 3. The molecule has 0 saturated heterocycles. The minimum Gasteiger partial charge on any atom is -0.231 e. The first-order valence-corrected chi connectivity index (χ1v) is 9.26. The molecule has 1 fully saturated rings. The summed E-state index contributed by atoms with van der Waals surface area (Å²) in [5, 5.41) is 2.61. The number of nitrogens with zero attached hydrogens (tertiary/aromatic N) is 2. The molecule has 0 aromatic carbocycles. The van der Waals surface area contributed by atoms with Crippen molar-refractivity contribution in [1.82, 2.24) is 9.97 Å². The number of thiophene rings is 1. The van der Waals surface area contributed by atoms with Crippen molar-refractivity contribution in [1.29, 1.82) is 0 Å². The first kappa shape index (κ1) is 14.2. The lowest BCUT2D eigenvalue weighted by molar-refractivity contribution is 0.690. The molecule has 3 rings (SSSR count). The minimum absolute atomic E-state index is 0.546. The van der Waals surface area contributed by atoms with E-state index in [1.165, 1.54) is 25.7 Å². The summed E-state index contributed by atoms with van der Waals surface area (Å²) in [5.41, 5.74) is 1.13. The van der Waals surface area contributed by atoms with Crippen LogP contribution in [-0.4, -0.2) is 9.97 Å².